The van der Waals surface area contributed by atoms with Crippen molar-refractivity contribution >= 4 is 17.4 Å². The molecular formula is C22H32N6O. The van der Waals surface area contributed by atoms with Gasteiger partial charge in [0.1, 0.15) is 0 Å². The fourth-order valence-electron chi connectivity index (χ4n) is 4.94. The lowest BCUT2D eigenvalue weighted by Gasteiger charge is -2.32. The second kappa shape index (κ2) is 8.53. The van der Waals surface area contributed by atoms with Crippen LogP contribution in [-0.4, -0.2) is 51.2 Å². The highest BCUT2D eigenvalue weighted by molar-refractivity contribution is 5.92. The molecule has 0 bridgehead atoms. The normalized spacial score (nSPS) is 22.4. The van der Waals surface area contributed by atoms with Crippen molar-refractivity contribution in [2.24, 2.45) is 5.92 Å². The first kappa shape index (κ1) is 19.9. The molecular weight excluding hydrogens is 364 g/mol. The Kier molecular flexibility index (Phi) is 5.85. The number of rotatable bonds is 5. The number of likely N-dealkylation sites (tertiary alicyclic amines) is 1. The van der Waals surface area contributed by atoms with Gasteiger partial charge in [-0.2, -0.15) is 5.10 Å². The van der Waals surface area contributed by atoms with Gasteiger partial charge in [-0.1, -0.05) is 6.42 Å². The van der Waals surface area contributed by atoms with Gasteiger partial charge in [0, 0.05) is 63.1 Å². The highest BCUT2D eigenvalue weighted by Crippen LogP contribution is 2.35. The molecule has 2 fully saturated rings. The molecule has 29 heavy (non-hydrogen) atoms. The lowest BCUT2D eigenvalue weighted by molar-refractivity contribution is -0.114. The number of nitrogens with one attached hydrogen (secondary N) is 1. The van der Waals surface area contributed by atoms with Gasteiger partial charge in [-0.25, -0.2) is 4.98 Å². The first-order valence-corrected chi connectivity index (χ1v) is 10.8. The minimum absolute atomic E-state index is 0.0536. The van der Waals surface area contributed by atoms with Gasteiger partial charge in [-0.3, -0.25) is 14.4 Å². The zero-order valence-electron chi connectivity index (χ0n) is 17.8. The van der Waals surface area contributed by atoms with E-state index in [9.17, 15) is 4.79 Å². The quantitative estimate of drug-likeness (QED) is 0.841. The fourth-order valence-corrected chi connectivity index (χ4v) is 4.94. The van der Waals surface area contributed by atoms with Crippen LogP contribution in [0.5, 0.6) is 0 Å². The van der Waals surface area contributed by atoms with Crippen LogP contribution in [0.2, 0.25) is 0 Å². The predicted octanol–water partition coefficient (Wildman–Crippen LogP) is 3.06. The lowest BCUT2D eigenvalue weighted by Crippen LogP contribution is -2.41. The van der Waals surface area contributed by atoms with Gasteiger partial charge in [-0.15, -0.1) is 0 Å². The Hall–Kier alpha value is -2.41. The van der Waals surface area contributed by atoms with Gasteiger partial charge in [0.2, 0.25) is 5.91 Å². The fraction of sp³-hybridized carbons (Fsp3) is 0.591. The molecule has 1 N–H and O–H groups in total. The summed E-state index contributed by atoms with van der Waals surface area (Å²) in [6.07, 6.45) is 7.54. The van der Waals surface area contributed by atoms with E-state index in [1.165, 1.54) is 30.5 Å². The summed E-state index contributed by atoms with van der Waals surface area (Å²) in [6, 6.07) is 4.28. The van der Waals surface area contributed by atoms with Crippen LogP contribution in [0.1, 0.15) is 44.4 Å². The molecule has 2 saturated heterocycles. The summed E-state index contributed by atoms with van der Waals surface area (Å²) < 4.78 is 2.07. The molecule has 0 spiro atoms. The standard InChI is InChI=1S/C22H32N6O/c1-4-28-16(2)19(12-24-28)14-26-13-18-8-5-6-11-27(21(18)15-26)22-20(25-17(3)29)9-7-10-23-22/h7,9-10,12,18,21H,4-6,8,11,13-15H2,1-3H3,(H,25,29)/t18-,21+/m1/s1. The van der Waals surface area contributed by atoms with Crippen molar-refractivity contribution in [1.82, 2.24) is 19.7 Å². The van der Waals surface area contributed by atoms with Crippen molar-refractivity contribution < 1.29 is 4.79 Å². The number of aryl methyl sites for hydroxylation is 1. The minimum Gasteiger partial charge on any atom is -0.350 e. The van der Waals surface area contributed by atoms with Crippen LogP contribution in [0.15, 0.2) is 24.5 Å². The number of hydrogen-bond acceptors (Lipinski definition) is 5. The Morgan fingerprint density at radius 1 is 1.31 bits per heavy atom. The Labute approximate surface area is 173 Å². The SMILES string of the molecule is CCn1ncc(CN2C[C@H]3CCCCN(c4ncccc4NC(C)=O)[C@H]3C2)c1C. The summed E-state index contributed by atoms with van der Waals surface area (Å²) in [5.74, 6) is 1.49. The molecule has 156 valence electrons. The number of amides is 1. The number of anilines is 2. The highest BCUT2D eigenvalue weighted by Gasteiger charge is 2.39. The highest BCUT2D eigenvalue weighted by atomic mass is 16.1. The van der Waals surface area contributed by atoms with Crippen LogP contribution >= 0.6 is 0 Å². The molecule has 2 atom stereocenters. The smallest absolute Gasteiger partial charge is 0.221 e. The van der Waals surface area contributed by atoms with Crippen LogP contribution in [0.4, 0.5) is 11.5 Å². The molecule has 2 aromatic heterocycles. The number of carbonyl (C=O) groups excluding carboxylic acids is 1. The number of carbonyl (C=O) groups is 1. The lowest BCUT2D eigenvalue weighted by atomic mass is 9.98. The first-order valence-electron chi connectivity index (χ1n) is 10.8. The second-order valence-corrected chi connectivity index (χ2v) is 8.34. The Morgan fingerprint density at radius 2 is 2.17 bits per heavy atom. The number of hydrogen-bond donors (Lipinski definition) is 1. The first-order chi connectivity index (χ1) is 14.1. The molecule has 2 aliphatic rings. The third-order valence-electron chi connectivity index (χ3n) is 6.37. The van der Waals surface area contributed by atoms with Crippen molar-refractivity contribution in [2.45, 2.75) is 59.2 Å². The molecule has 0 aliphatic carbocycles. The van der Waals surface area contributed by atoms with Crippen molar-refractivity contribution in [2.75, 3.05) is 29.9 Å². The van der Waals surface area contributed by atoms with E-state index in [0.717, 1.165) is 44.2 Å². The van der Waals surface area contributed by atoms with Gasteiger partial charge in [0.05, 0.1) is 11.9 Å². The van der Waals surface area contributed by atoms with Crippen LogP contribution in [-0.2, 0) is 17.9 Å². The molecule has 1 amide bonds. The second-order valence-electron chi connectivity index (χ2n) is 8.34. The van der Waals surface area contributed by atoms with Gasteiger partial charge in [0.25, 0.3) is 0 Å². The molecule has 2 aromatic rings. The maximum Gasteiger partial charge on any atom is 0.221 e. The average molecular weight is 397 g/mol. The van der Waals surface area contributed by atoms with E-state index < -0.39 is 0 Å². The molecule has 2 aliphatic heterocycles. The number of nitrogens with zero attached hydrogens (tertiary/aromatic N) is 5. The van der Waals surface area contributed by atoms with E-state index in [1.807, 2.05) is 24.5 Å². The van der Waals surface area contributed by atoms with E-state index >= 15 is 0 Å². The largest absolute Gasteiger partial charge is 0.350 e. The van der Waals surface area contributed by atoms with Crippen molar-refractivity contribution in [3.8, 4) is 0 Å². The Bertz CT molecular complexity index is 863. The third-order valence-corrected chi connectivity index (χ3v) is 6.37. The molecule has 7 heteroatoms. The summed E-state index contributed by atoms with van der Waals surface area (Å²) in [5.41, 5.74) is 3.42. The van der Waals surface area contributed by atoms with E-state index in [-0.39, 0.29) is 5.91 Å². The molecule has 7 nitrogen and oxygen atoms in total. The zero-order chi connectivity index (χ0) is 20.4. The van der Waals surface area contributed by atoms with Crippen LogP contribution in [0.25, 0.3) is 0 Å². The van der Waals surface area contributed by atoms with E-state index in [0.29, 0.717) is 12.0 Å². The summed E-state index contributed by atoms with van der Waals surface area (Å²) >= 11 is 0. The van der Waals surface area contributed by atoms with Crippen LogP contribution < -0.4 is 10.2 Å². The Morgan fingerprint density at radius 3 is 2.93 bits per heavy atom. The summed E-state index contributed by atoms with van der Waals surface area (Å²) in [6.45, 7) is 10.8. The summed E-state index contributed by atoms with van der Waals surface area (Å²) in [5, 5.41) is 7.48. The third kappa shape index (κ3) is 4.15. The van der Waals surface area contributed by atoms with Gasteiger partial charge in [0.15, 0.2) is 5.82 Å². The van der Waals surface area contributed by atoms with E-state index in [2.05, 4.69) is 43.7 Å². The predicted molar refractivity (Wildman–Crippen MR) is 115 cm³/mol. The molecule has 4 rings (SSSR count). The van der Waals surface area contributed by atoms with Crippen molar-refractivity contribution in [1.29, 1.82) is 0 Å². The van der Waals surface area contributed by atoms with Crippen molar-refractivity contribution in [3.63, 3.8) is 0 Å². The molecule has 0 aromatic carbocycles. The van der Waals surface area contributed by atoms with Crippen LogP contribution in [0.3, 0.4) is 0 Å². The van der Waals surface area contributed by atoms with E-state index in [1.54, 1.807) is 6.92 Å². The maximum atomic E-state index is 11.7. The monoisotopic (exact) mass is 396 g/mol. The molecule has 0 radical (unpaired) electrons. The summed E-state index contributed by atoms with van der Waals surface area (Å²) in [7, 11) is 0. The maximum absolute atomic E-state index is 11.7. The Balaban J connectivity index is 1.55. The van der Waals surface area contributed by atoms with Crippen LogP contribution in [0, 0.1) is 12.8 Å². The topological polar surface area (TPSA) is 66.3 Å². The van der Waals surface area contributed by atoms with Gasteiger partial charge in [-0.05, 0) is 44.7 Å². The van der Waals surface area contributed by atoms with Gasteiger partial charge < -0.3 is 10.2 Å². The molecule has 0 saturated carbocycles. The van der Waals surface area contributed by atoms with Gasteiger partial charge >= 0.3 is 0 Å². The minimum atomic E-state index is -0.0536. The average Bonchev–Trinajstić information content (AvgIpc) is 3.20. The van der Waals surface area contributed by atoms with E-state index in [4.69, 9.17) is 0 Å². The number of fused-ring (bicyclic) bond motifs is 1. The van der Waals surface area contributed by atoms with Crippen molar-refractivity contribution in [3.05, 3.63) is 35.8 Å². The number of aromatic nitrogens is 3. The molecule has 0 unspecified atom stereocenters. The molecule has 4 heterocycles. The number of pyridine rings is 1. The zero-order valence-corrected chi connectivity index (χ0v) is 17.8. The summed E-state index contributed by atoms with van der Waals surface area (Å²) in [4.78, 5) is 21.4.